The quantitative estimate of drug-likeness (QED) is 0.481. The molecule has 21 heavy (non-hydrogen) atoms. The summed E-state index contributed by atoms with van der Waals surface area (Å²) >= 11 is 5.78. The largest absolute Gasteiger partial charge is 0.439 e. The lowest BCUT2D eigenvalue weighted by atomic mass is 9.92. The van der Waals surface area contributed by atoms with E-state index in [-0.39, 0.29) is 16.7 Å². The van der Waals surface area contributed by atoms with Crippen molar-refractivity contribution < 1.29 is 9.66 Å². The van der Waals surface area contributed by atoms with Crippen molar-refractivity contribution in [3.63, 3.8) is 0 Å². The van der Waals surface area contributed by atoms with E-state index in [1.807, 2.05) is 18.2 Å². The molecule has 0 bridgehead atoms. The van der Waals surface area contributed by atoms with Crippen molar-refractivity contribution >= 4 is 17.3 Å². The van der Waals surface area contributed by atoms with Gasteiger partial charge in [-0.15, -0.1) is 0 Å². The minimum absolute atomic E-state index is 0.0390. The molecule has 0 N–H and O–H groups in total. The summed E-state index contributed by atoms with van der Waals surface area (Å²) < 4.78 is 5.62. The monoisotopic (exact) mass is 304 g/mol. The first-order valence-corrected chi connectivity index (χ1v) is 7.11. The summed E-state index contributed by atoms with van der Waals surface area (Å²) in [4.78, 5) is 14.3. The van der Waals surface area contributed by atoms with Gasteiger partial charge >= 0.3 is 0 Å². The third-order valence-corrected chi connectivity index (χ3v) is 3.70. The van der Waals surface area contributed by atoms with Crippen LogP contribution in [0.2, 0.25) is 5.15 Å². The molecule has 1 aromatic carbocycles. The number of ether oxygens (including phenoxy) is 1. The van der Waals surface area contributed by atoms with Gasteiger partial charge in [-0.25, -0.2) is 4.98 Å². The first-order chi connectivity index (χ1) is 10.1. The van der Waals surface area contributed by atoms with Crippen LogP contribution in [0.15, 0.2) is 30.3 Å². The zero-order valence-electron chi connectivity index (χ0n) is 11.2. The van der Waals surface area contributed by atoms with Gasteiger partial charge in [-0.2, -0.15) is 0 Å². The Hall–Kier alpha value is -2.14. The Kier molecular flexibility index (Phi) is 3.75. The molecule has 0 atom stereocenters. The second-order valence-corrected chi connectivity index (χ2v) is 5.37. The van der Waals surface area contributed by atoms with Crippen LogP contribution in [0.4, 0.5) is 5.69 Å². The molecule has 108 valence electrons. The van der Waals surface area contributed by atoms with Gasteiger partial charge in [0.1, 0.15) is 10.9 Å². The Bertz CT molecular complexity index is 703. The van der Waals surface area contributed by atoms with E-state index >= 15 is 0 Å². The molecule has 2 aromatic rings. The number of aromatic nitrogens is 1. The number of aryl methyl sites for hydroxylation is 2. The van der Waals surface area contributed by atoms with Gasteiger partial charge in [0.05, 0.1) is 17.1 Å². The zero-order chi connectivity index (χ0) is 14.8. The van der Waals surface area contributed by atoms with Gasteiger partial charge < -0.3 is 4.74 Å². The van der Waals surface area contributed by atoms with Crippen LogP contribution in [0.3, 0.4) is 0 Å². The molecule has 6 heteroatoms. The van der Waals surface area contributed by atoms with Crippen molar-refractivity contribution in [2.45, 2.75) is 25.7 Å². The number of hydrogen-bond acceptors (Lipinski definition) is 4. The summed E-state index contributed by atoms with van der Waals surface area (Å²) in [7, 11) is 0. The van der Waals surface area contributed by atoms with Crippen molar-refractivity contribution in [3.8, 4) is 11.6 Å². The zero-order valence-corrected chi connectivity index (χ0v) is 12.0. The number of pyridine rings is 1. The van der Waals surface area contributed by atoms with Crippen LogP contribution in [0.1, 0.15) is 24.0 Å². The fourth-order valence-electron chi connectivity index (χ4n) is 2.51. The first-order valence-electron chi connectivity index (χ1n) is 6.73. The molecule has 1 aliphatic carbocycles. The summed E-state index contributed by atoms with van der Waals surface area (Å²) in [5.74, 6) is 0.754. The minimum Gasteiger partial charge on any atom is -0.439 e. The summed E-state index contributed by atoms with van der Waals surface area (Å²) in [6.07, 6.45) is 4.53. The van der Waals surface area contributed by atoms with E-state index in [9.17, 15) is 10.1 Å². The lowest BCUT2D eigenvalue weighted by Gasteiger charge is -2.16. The van der Waals surface area contributed by atoms with Gasteiger partial charge in [0.15, 0.2) is 0 Å². The van der Waals surface area contributed by atoms with Crippen LogP contribution in [-0.2, 0) is 12.8 Å². The summed E-state index contributed by atoms with van der Waals surface area (Å²) in [6, 6.07) is 8.34. The molecule has 0 fully saturated rings. The number of fused-ring (bicyclic) bond motifs is 1. The first kappa shape index (κ1) is 13.8. The van der Waals surface area contributed by atoms with Gasteiger partial charge in [0.2, 0.25) is 5.88 Å². The SMILES string of the molecule is O=[N+]([O-])c1cc(Cl)nc(Oc2ccc3c(c2)CCCC3)c1. The topological polar surface area (TPSA) is 65.3 Å². The van der Waals surface area contributed by atoms with E-state index in [2.05, 4.69) is 4.98 Å². The van der Waals surface area contributed by atoms with E-state index in [1.54, 1.807) is 0 Å². The average Bonchev–Trinajstić information content (AvgIpc) is 2.46. The molecule has 0 saturated carbocycles. The number of rotatable bonds is 3. The Morgan fingerprint density at radius 2 is 1.90 bits per heavy atom. The standard InChI is InChI=1S/C15H13ClN2O3/c16-14-8-12(18(19)20)9-15(17-14)21-13-6-5-10-3-1-2-4-11(10)7-13/h5-9H,1-4H2. The van der Waals surface area contributed by atoms with E-state index in [0.717, 1.165) is 12.8 Å². The second-order valence-electron chi connectivity index (χ2n) is 4.98. The lowest BCUT2D eigenvalue weighted by Crippen LogP contribution is -2.02. The molecule has 5 nitrogen and oxygen atoms in total. The average molecular weight is 305 g/mol. The van der Waals surface area contributed by atoms with E-state index in [0.29, 0.717) is 5.75 Å². The lowest BCUT2D eigenvalue weighted by molar-refractivity contribution is -0.385. The third-order valence-electron chi connectivity index (χ3n) is 3.51. The van der Waals surface area contributed by atoms with E-state index < -0.39 is 4.92 Å². The Morgan fingerprint density at radius 3 is 2.67 bits per heavy atom. The van der Waals surface area contributed by atoms with Crippen LogP contribution < -0.4 is 4.74 Å². The molecule has 0 unspecified atom stereocenters. The molecule has 1 aromatic heterocycles. The predicted molar refractivity (Wildman–Crippen MR) is 79.1 cm³/mol. The van der Waals surface area contributed by atoms with Gasteiger partial charge in [-0.3, -0.25) is 10.1 Å². The van der Waals surface area contributed by atoms with Crippen molar-refractivity contribution in [1.29, 1.82) is 0 Å². The van der Waals surface area contributed by atoms with Crippen LogP contribution in [0.25, 0.3) is 0 Å². The molecule has 0 radical (unpaired) electrons. The highest BCUT2D eigenvalue weighted by molar-refractivity contribution is 6.29. The van der Waals surface area contributed by atoms with Crippen molar-refractivity contribution in [2.24, 2.45) is 0 Å². The van der Waals surface area contributed by atoms with Crippen LogP contribution in [-0.4, -0.2) is 9.91 Å². The molecule has 0 saturated heterocycles. The fourth-order valence-corrected chi connectivity index (χ4v) is 2.71. The molecule has 0 amide bonds. The third kappa shape index (κ3) is 3.13. The Balaban J connectivity index is 1.88. The van der Waals surface area contributed by atoms with Crippen molar-refractivity contribution in [3.05, 3.63) is 56.7 Å². The van der Waals surface area contributed by atoms with E-state index in [4.69, 9.17) is 16.3 Å². The normalized spacial score (nSPS) is 13.6. The van der Waals surface area contributed by atoms with Crippen LogP contribution in [0.5, 0.6) is 11.6 Å². The number of benzene rings is 1. The maximum absolute atomic E-state index is 10.8. The van der Waals surface area contributed by atoms with Gasteiger partial charge in [-0.1, -0.05) is 17.7 Å². The highest BCUT2D eigenvalue weighted by Gasteiger charge is 2.14. The Morgan fingerprint density at radius 1 is 1.14 bits per heavy atom. The number of halogens is 1. The molecule has 0 spiro atoms. The van der Waals surface area contributed by atoms with Crippen molar-refractivity contribution in [2.75, 3.05) is 0 Å². The summed E-state index contributed by atoms with van der Waals surface area (Å²) in [5.41, 5.74) is 2.48. The maximum Gasteiger partial charge on any atom is 0.277 e. The molecule has 0 aliphatic heterocycles. The number of hydrogen-bond donors (Lipinski definition) is 0. The molecular formula is C15H13ClN2O3. The van der Waals surface area contributed by atoms with Crippen LogP contribution in [0, 0.1) is 10.1 Å². The van der Waals surface area contributed by atoms with Gasteiger partial charge in [-0.05, 0) is 48.9 Å². The molecule has 3 rings (SSSR count). The van der Waals surface area contributed by atoms with E-state index in [1.165, 1.54) is 36.1 Å². The number of nitro groups is 1. The summed E-state index contributed by atoms with van der Waals surface area (Å²) in [6.45, 7) is 0. The highest BCUT2D eigenvalue weighted by Crippen LogP contribution is 2.30. The van der Waals surface area contributed by atoms with Gasteiger partial charge in [0, 0.05) is 0 Å². The Labute approximate surface area is 126 Å². The predicted octanol–water partition coefficient (Wildman–Crippen LogP) is 4.31. The maximum atomic E-state index is 10.8. The minimum atomic E-state index is -0.521. The van der Waals surface area contributed by atoms with Crippen molar-refractivity contribution in [1.82, 2.24) is 4.98 Å². The summed E-state index contributed by atoms with van der Waals surface area (Å²) in [5, 5.41) is 10.9. The second kappa shape index (κ2) is 5.69. The molecular weight excluding hydrogens is 292 g/mol. The molecule has 1 aliphatic rings. The highest BCUT2D eigenvalue weighted by atomic mass is 35.5. The molecule has 1 heterocycles. The number of nitrogens with zero attached hydrogens (tertiary/aromatic N) is 2. The van der Waals surface area contributed by atoms with Gasteiger partial charge in [0.25, 0.3) is 5.69 Å². The fraction of sp³-hybridized carbons (Fsp3) is 0.267. The smallest absolute Gasteiger partial charge is 0.277 e. The van der Waals surface area contributed by atoms with Crippen LogP contribution >= 0.6 is 11.6 Å².